The van der Waals surface area contributed by atoms with Crippen LogP contribution in [0.1, 0.15) is 16.8 Å². The van der Waals surface area contributed by atoms with Crippen LogP contribution in [-0.2, 0) is 19.5 Å². The van der Waals surface area contributed by atoms with Gasteiger partial charge in [0.1, 0.15) is 12.2 Å². The van der Waals surface area contributed by atoms with E-state index >= 15 is 0 Å². The summed E-state index contributed by atoms with van der Waals surface area (Å²) < 4.78 is 0. The number of hydrogen-bond acceptors (Lipinski definition) is 5. The van der Waals surface area contributed by atoms with Gasteiger partial charge in [-0.2, -0.15) is 0 Å². The third kappa shape index (κ3) is 3.08. The summed E-state index contributed by atoms with van der Waals surface area (Å²) >= 11 is 0. The number of nitrogens with zero attached hydrogens (tertiary/aromatic N) is 4. The molecule has 0 amide bonds. The van der Waals surface area contributed by atoms with E-state index < -0.39 is 0 Å². The van der Waals surface area contributed by atoms with E-state index in [0.29, 0.717) is 12.4 Å². The van der Waals surface area contributed by atoms with Gasteiger partial charge in [0.25, 0.3) is 5.56 Å². The molecule has 5 rings (SSSR count). The van der Waals surface area contributed by atoms with Gasteiger partial charge in [0, 0.05) is 38.4 Å². The Morgan fingerprint density at radius 2 is 1.86 bits per heavy atom. The molecule has 2 aromatic carbocycles. The van der Waals surface area contributed by atoms with Gasteiger partial charge in [0.2, 0.25) is 0 Å². The van der Waals surface area contributed by atoms with Crippen molar-refractivity contribution in [3.63, 3.8) is 0 Å². The molecular formula is C22H19N5O. The van der Waals surface area contributed by atoms with E-state index in [9.17, 15) is 4.79 Å². The molecule has 0 spiro atoms. The monoisotopic (exact) mass is 369 g/mol. The van der Waals surface area contributed by atoms with E-state index in [1.165, 1.54) is 22.7 Å². The lowest BCUT2D eigenvalue weighted by atomic mass is 10.0. The lowest BCUT2D eigenvalue weighted by Gasteiger charge is -2.28. The van der Waals surface area contributed by atoms with Crippen molar-refractivity contribution in [1.82, 2.24) is 24.8 Å². The zero-order valence-electron chi connectivity index (χ0n) is 15.3. The van der Waals surface area contributed by atoms with Crippen LogP contribution in [0.3, 0.4) is 0 Å². The van der Waals surface area contributed by atoms with Crippen LogP contribution in [0.2, 0.25) is 0 Å². The fourth-order valence-electron chi connectivity index (χ4n) is 3.85. The van der Waals surface area contributed by atoms with Crippen molar-refractivity contribution in [1.29, 1.82) is 0 Å². The number of nitrogens with one attached hydrogen (secondary N) is 1. The van der Waals surface area contributed by atoms with Crippen molar-refractivity contribution in [2.45, 2.75) is 19.5 Å². The molecule has 0 saturated carbocycles. The molecule has 0 saturated heterocycles. The van der Waals surface area contributed by atoms with Crippen molar-refractivity contribution in [2.75, 3.05) is 6.54 Å². The van der Waals surface area contributed by atoms with Gasteiger partial charge in [-0.15, -0.1) is 0 Å². The molecule has 138 valence electrons. The summed E-state index contributed by atoms with van der Waals surface area (Å²) in [5.74, 6) is 0.534. The number of rotatable bonds is 3. The van der Waals surface area contributed by atoms with Crippen molar-refractivity contribution in [3.05, 3.63) is 88.4 Å². The molecule has 0 atom stereocenters. The highest BCUT2D eigenvalue weighted by Crippen LogP contribution is 2.23. The number of hydrogen-bond donors (Lipinski definition) is 1. The molecule has 28 heavy (non-hydrogen) atoms. The Labute approximate surface area is 161 Å². The molecule has 6 nitrogen and oxygen atoms in total. The summed E-state index contributed by atoms with van der Waals surface area (Å²) in [6.45, 7) is 2.29. The highest BCUT2D eigenvalue weighted by molar-refractivity contribution is 5.85. The normalized spacial score (nSPS) is 14.1. The fourth-order valence-corrected chi connectivity index (χ4v) is 3.85. The maximum absolute atomic E-state index is 12.7. The predicted molar refractivity (Wildman–Crippen MR) is 108 cm³/mol. The summed E-state index contributed by atoms with van der Waals surface area (Å²) in [6.07, 6.45) is 5.54. The molecule has 0 unspecified atom stereocenters. The molecule has 4 aromatic rings. The van der Waals surface area contributed by atoms with Gasteiger partial charge in [0.05, 0.1) is 16.8 Å². The highest BCUT2D eigenvalue weighted by atomic mass is 16.1. The predicted octanol–water partition coefficient (Wildman–Crippen LogP) is 2.94. The van der Waals surface area contributed by atoms with Crippen LogP contribution in [0, 0.1) is 0 Å². The topological polar surface area (TPSA) is 74.8 Å². The molecule has 1 aliphatic heterocycles. The Balaban J connectivity index is 1.43. The van der Waals surface area contributed by atoms with E-state index in [1.807, 2.05) is 0 Å². The summed E-state index contributed by atoms with van der Waals surface area (Å²) in [6, 6.07) is 14.8. The minimum absolute atomic E-state index is 0.0773. The number of aromatic amines is 1. The van der Waals surface area contributed by atoms with E-state index in [2.05, 4.69) is 67.3 Å². The van der Waals surface area contributed by atoms with Gasteiger partial charge in [-0.05, 0) is 16.3 Å². The number of fused-ring (bicyclic) bond motifs is 2. The lowest BCUT2D eigenvalue weighted by Crippen LogP contribution is -2.35. The Hall–Kier alpha value is -3.38. The molecular weight excluding hydrogens is 350 g/mol. The quantitative estimate of drug-likeness (QED) is 0.601. The van der Waals surface area contributed by atoms with Crippen LogP contribution in [0.15, 0.2) is 66.0 Å². The number of benzene rings is 2. The first-order valence-electron chi connectivity index (χ1n) is 9.34. The first-order valence-corrected chi connectivity index (χ1v) is 9.34. The molecule has 0 bridgehead atoms. The average molecular weight is 369 g/mol. The third-order valence-electron chi connectivity index (χ3n) is 5.26. The van der Waals surface area contributed by atoms with Gasteiger partial charge in [0.15, 0.2) is 0 Å². The first kappa shape index (κ1) is 16.8. The second-order valence-electron chi connectivity index (χ2n) is 7.07. The summed E-state index contributed by atoms with van der Waals surface area (Å²) in [4.78, 5) is 30.6. The molecule has 0 radical (unpaired) electrons. The van der Waals surface area contributed by atoms with Crippen LogP contribution >= 0.6 is 0 Å². The van der Waals surface area contributed by atoms with Crippen LogP contribution in [0.4, 0.5) is 0 Å². The molecule has 0 fully saturated rings. The molecule has 3 heterocycles. The zero-order valence-corrected chi connectivity index (χ0v) is 15.3. The average Bonchev–Trinajstić information content (AvgIpc) is 2.75. The van der Waals surface area contributed by atoms with E-state index in [1.54, 1.807) is 12.4 Å². The molecule has 1 N–H and O–H groups in total. The highest BCUT2D eigenvalue weighted by Gasteiger charge is 2.22. The Bertz CT molecular complexity index is 1200. The van der Waals surface area contributed by atoms with Crippen LogP contribution in [0.25, 0.3) is 22.2 Å². The van der Waals surface area contributed by atoms with Crippen molar-refractivity contribution < 1.29 is 0 Å². The minimum atomic E-state index is -0.0773. The van der Waals surface area contributed by atoms with Crippen LogP contribution in [-0.4, -0.2) is 31.4 Å². The number of aromatic nitrogens is 4. The summed E-state index contributed by atoms with van der Waals surface area (Å²) in [7, 11) is 0. The summed E-state index contributed by atoms with van der Waals surface area (Å²) in [5.41, 5.74) is 3.56. The standard InChI is InChI=1S/C22H19N5O/c28-22-19-13-27(12-16-6-3-5-15-4-1-2-7-18(15)16)9-8-20(19)25-21(26-22)17-10-23-14-24-11-17/h1-7,10-11,14H,8-9,12-13H2,(H,25,26,28). The van der Waals surface area contributed by atoms with Crippen molar-refractivity contribution in [2.24, 2.45) is 0 Å². The molecule has 1 aliphatic rings. The van der Waals surface area contributed by atoms with E-state index in [4.69, 9.17) is 0 Å². The SMILES string of the molecule is O=c1[nH]c(-c2cncnc2)nc2c1CN(Cc1cccc3ccccc13)CC2. The van der Waals surface area contributed by atoms with Gasteiger partial charge in [-0.3, -0.25) is 9.69 Å². The van der Waals surface area contributed by atoms with Crippen LogP contribution < -0.4 is 5.56 Å². The second kappa shape index (κ2) is 6.98. The number of H-pyrrole nitrogens is 1. The smallest absolute Gasteiger partial charge is 0.255 e. The second-order valence-corrected chi connectivity index (χ2v) is 7.07. The van der Waals surface area contributed by atoms with E-state index in [-0.39, 0.29) is 5.56 Å². The van der Waals surface area contributed by atoms with Gasteiger partial charge >= 0.3 is 0 Å². The lowest BCUT2D eigenvalue weighted by molar-refractivity contribution is 0.242. The summed E-state index contributed by atoms with van der Waals surface area (Å²) in [5, 5.41) is 2.51. The molecule has 2 aromatic heterocycles. The fraction of sp³-hybridized carbons (Fsp3) is 0.182. The Morgan fingerprint density at radius 1 is 1.04 bits per heavy atom. The van der Waals surface area contributed by atoms with Gasteiger partial charge in [-0.25, -0.2) is 15.0 Å². The molecule has 6 heteroatoms. The van der Waals surface area contributed by atoms with Crippen molar-refractivity contribution in [3.8, 4) is 11.4 Å². The molecule has 0 aliphatic carbocycles. The first-order chi connectivity index (χ1) is 13.8. The minimum Gasteiger partial charge on any atom is -0.306 e. The zero-order chi connectivity index (χ0) is 18.9. The third-order valence-corrected chi connectivity index (χ3v) is 5.26. The van der Waals surface area contributed by atoms with Crippen LogP contribution in [0.5, 0.6) is 0 Å². The van der Waals surface area contributed by atoms with Crippen molar-refractivity contribution >= 4 is 10.8 Å². The largest absolute Gasteiger partial charge is 0.306 e. The maximum atomic E-state index is 12.7. The van der Waals surface area contributed by atoms with Gasteiger partial charge in [-0.1, -0.05) is 42.5 Å². The van der Waals surface area contributed by atoms with E-state index in [0.717, 1.165) is 36.3 Å². The Kier molecular flexibility index (Phi) is 4.18. The maximum Gasteiger partial charge on any atom is 0.255 e. The van der Waals surface area contributed by atoms with Gasteiger partial charge < -0.3 is 4.98 Å². The Morgan fingerprint density at radius 3 is 2.75 bits per heavy atom.